The van der Waals surface area contributed by atoms with E-state index < -0.39 is 0 Å². The van der Waals surface area contributed by atoms with Gasteiger partial charge in [0.25, 0.3) is 5.91 Å². The number of rotatable bonds is 9. The van der Waals surface area contributed by atoms with Crippen LogP contribution in [0.5, 0.6) is 17.2 Å². The van der Waals surface area contributed by atoms with Crippen LogP contribution < -0.4 is 14.8 Å². The van der Waals surface area contributed by atoms with Gasteiger partial charge in [-0.2, -0.15) is 0 Å². The molecule has 6 nitrogen and oxygen atoms in total. The Morgan fingerprint density at radius 2 is 1.58 bits per heavy atom. The van der Waals surface area contributed by atoms with Gasteiger partial charge in [0, 0.05) is 13.0 Å². The third-order valence-electron chi connectivity index (χ3n) is 5.30. The van der Waals surface area contributed by atoms with E-state index in [1.54, 1.807) is 18.2 Å². The number of esters is 1. The van der Waals surface area contributed by atoms with E-state index in [4.69, 9.17) is 14.2 Å². The number of amides is 1. The maximum Gasteiger partial charge on any atom is 0.305 e. The van der Waals surface area contributed by atoms with Crippen LogP contribution >= 0.6 is 0 Å². The highest BCUT2D eigenvalue weighted by atomic mass is 16.5. The fourth-order valence-corrected chi connectivity index (χ4v) is 3.61. The van der Waals surface area contributed by atoms with Gasteiger partial charge >= 0.3 is 5.97 Å². The van der Waals surface area contributed by atoms with E-state index in [1.807, 2.05) is 56.3 Å². The molecule has 0 spiro atoms. The fourth-order valence-electron chi connectivity index (χ4n) is 3.61. The van der Waals surface area contributed by atoms with E-state index in [0.29, 0.717) is 36.4 Å². The van der Waals surface area contributed by atoms with Crippen LogP contribution in [0.2, 0.25) is 0 Å². The average Bonchev–Trinajstić information content (AvgIpc) is 2.83. The van der Waals surface area contributed by atoms with Crippen molar-refractivity contribution in [3.8, 4) is 17.2 Å². The highest BCUT2D eigenvalue weighted by Gasteiger charge is 2.16. The van der Waals surface area contributed by atoms with Crippen LogP contribution in [0.1, 0.15) is 39.0 Å². The highest BCUT2D eigenvalue weighted by molar-refractivity contribution is 5.97. The molecule has 3 rings (SSSR count). The molecule has 0 aliphatic carbocycles. The van der Waals surface area contributed by atoms with Crippen molar-refractivity contribution in [3.63, 3.8) is 0 Å². The molecular weight excluding hydrogens is 418 g/mol. The van der Waals surface area contributed by atoms with Crippen molar-refractivity contribution >= 4 is 11.9 Å². The summed E-state index contributed by atoms with van der Waals surface area (Å²) in [5.74, 6) is 1.25. The molecule has 33 heavy (non-hydrogen) atoms. The summed E-state index contributed by atoms with van der Waals surface area (Å²) in [4.78, 5) is 24.3. The summed E-state index contributed by atoms with van der Waals surface area (Å²) in [6.45, 7) is 4.33. The van der Waals surface area contributed by atoms with E-state index in [9.17, 15) is 9.59 Å². The molecule has 0 unspecified atom stereocenters. The van der Waals surface area contributed by atoms with Gasteiger partial charge in [0.1, 0.15) is 17.2 Å². The lowest BCUT2D eigenvalue weighted by Gasteiger charge is -2.16. The van der Waals surface area contributed by atoms with Gasteiger partial charge in [-0.1, -0.05) is 42.5 Å². The molecule has 0 saturated heterocycles. The molecule has 172 valence electrons. The van der Waals surface area contributed by atoms with Crippen molar-refractivity contribution in [2.45, 2.75) is 33.2 Å². The molecule has 6 heteroatoms. The first-order chi connectivity index (χ1) is 15.9. The molecule has 0 atom stereocenters. The van der Waals surface area contributed by atoms with Gasteiger partial charge < -0.3 is 19.5 Å². The normalized spacial score (nSPS) is 10.4. The molecule has 3 aromatic rings. The van der Waals surface area contributed by atoms with E-state index in [2.05, 4.69) is 5.32 Å². The highest BCUT2D eigenvalue weighted by Crippen LogP contribution is 2.33. The molecule has 1 N–H and O–H groups in total. The molecule has 0 aromatic heterocycles. The van der Waals surface area contributed by atoms with Crippen molar-refractivity contribution in [3.05, 3.63) is 88.5 Å². The lowest BCUT2D eigenvalue weighted by Crippen LogP contribution is -2.23. The second-order valence-corrected chi connectivity index (χ2v) is 7.77. The van der Waals surface area contributed by atoms with E-state index >= 15 is 0 Å². The Morgan fingerprint density at radius 3 is 2.21 bits per heavy atom. The Bertz CT molecular complexity index is 1100. The molecule has 0 aliphatic rings. The Hall–Kier alpha value is -3.80. The van der Waals surface area contributed by atoms with Gasteiger partial charge in [-0.15, -0.1) is 0 Å². The van der Waals surface area contributed by atoms with Gasteiger partial charge in [-0.25, -0.2) is 0 Å². The first kappa shape index (κ1) is 23.9. The summed E-state index contributed by atoms with van der Waals surface area (Å²) in [7, 11) is 2.92. The minimum atomic E-state index is -0.243. The average molecular weight is 448 g/mol. The molecule has 1 amide bonds. The van der Waals surface area contributed by atoms with Crippen LogP contribution in [0.15, 0.2) is 60.7 Å². The zero-order valence-electron chi connectivity index (χ0n) is 19.4. The number of hydrogen-bond acceptors (Lipinski definition) is 5. The summed E-state index contributed by atoms with van der Waals surface area (Å²) in [5.41, 5.74) is 4.34. The molecule has 0 aliphatic heterocycles. The monoisotopic (exact) mass is 447 g/mol. The van der Waals surface area contributed by atoms with Crippen molar-refractivity contribution in [1.82, 2.24) is 5.32 Å². The number of nitrogens with one attached hydrogen (secondary N) is 1. The zero-order valence-corrected chi connectivity index (χ0v) is 19.4. The molecule has 0 saturated carbocycles. The largest absolute Gasteiger partial charge is 0.496 e. The van der Waals surface area contributed by atoms with Crippen LogP contribution in [0, 0.1) is 13.8 Å². The summed E-state index contributed by atoms with van der Waals surface area (Å²) in [6.07, 6.45) is 0.929. The lowest BCUT2D eigenvalue weighted by atomic mass is 10.0. The number of methoxy groups -OCH3 is 2. The van der Waals surface area contributed by atoms with Gasteiger partial charge in [0.05, 0.1) is 19.8 Å². The topological polar surface area (TPSA) is 73.9 Å². The third-order valence-corrected chi connectivity index (χ3v) is 5.30. The van der Waals surface area contributed by atoms with Crippen molar-refractivity contribution < 1.29 is 23.8 Å². The maximum atomic E-state index is 12.8. The smallest absolute Gasteiger partial charge is 0.305 e. The molecule has 0 radical (unpaired) electrons. The van der Waals surface area contributed by atoms with E-state index in [1.165, 1.54) is 14.2 Å². The van der Waals surface area contributed by atoms with Gasteiger partial charge in [0.15, 0.2) is 0 Å². The summed E-state index contributed by atoms with van der Waals surface area (Å²) >= 11 is 0. The number of hydrogen-bond donors (Lipinski definition) is 1. The standard InChI is InChI=1S/C27H29NO5/c1-18-14-21(10-13-25(29)32-4)15-19(2)26(18)33-22-11-12-24(31-3)23(16-22)27(30)28-17-20-8-6-5-7-9-20/h5-9,11-12,14-16H,10,13,17H2,1-4H3,(H,28,30). The predicted octanol–water partition coefficient (Wildman–Crippen LogP) is 5.14. The third kappa shape index (κ3) is 6.35. The molecule has 3 aromatic carbocycles. The first-order valence-corrected chi connectivity index (χ1v) is 10.8. The molecule has 0 fully saturated rings. The van der Waals surface area contributed by atoms with Crippen LogP contribution in [0.25, 0.3) is 0 Å². The van der Waals surface area contributed by atoms with E-state index in [0.717, 1.165) is 28.0 Å². The Labute approximate surface area is 194 Å². The number of carbonyl (C=O) groups excluding carboxylic acids is 2. The summed E-state index contributed by atoms with van der Waals surface area (Å²) in [6, 6.07) is 18.9. The van der Waals surface area contributed by atoms with Gasteiger partial charge in [0.2, 0.25) is 0 Å². The van der Waals surface area contributed by atoms with Crippen molar-refractivity contribution in [2.24, 2.45) is 0 Å². The molecule has 0 heterocycles. The van der Waals surface area contributed by atoms with Crippen LogP contribution in [-0.4, -0.2) is 26.1 Å². The Balaban J connectivity index is 1.77. The zero-order chi connectivity index (χ0) is 23.8. The summed E-state index contributed by atoms with van der Waals surface area (Å²) < 4.78 is 16.3. The second-order valence-electron chi connectivity index (χ2n) is 7.77. The van der Waals surface area contributed by atoms with Crippen LogP contribution in [-0.2, 0) is 22.5 Å². The Morgan fingerprint density at radius 1 is 0.879 bits per heavy atom. The maximum absolute atomic E-state index is 12.8. The fraction of sp³-hybridized carbons (Fsp3) is 0.259. The van der Waals surface area contributed by atoms with Gasteiger partial charge in [-0.3, -0.25) is 9.59 Å². The predicted molar refractivity (Wildman–Crippen MR) is 127 cm³/mol. The minimum Gasteiger partial charge on any atom is -0.496 e. The first-order valence-electron chi connectivity index (χ1n) is 10.8. The number of benzene rings is 3. The second kappa shape index (κ2) is 11.2. The lowest BCUT2D eigenvalue weighted by molar-refractivity contribution is -0.140. The molecule has 0 bridgehead atoms. The minimum absolute atomic E-state index is 0.234. The Kier molecular flexibility index (Phi) is 8.08. The summed E-state index contributed by atoms with van der Waals surface area (Å²) in [5, 5.41) is 2.93. The SMILES string of the molecule is COC(=O)CCc1cc(C)c(Oc2ccc(OC)c(C(=O)NCc3ccccc3)c2)c(C)c1. The van der Waals surface area contributed by atoms with Gasteiger partial charge in [-0.05, 0) is 60.7 Å². The van der Waals surface area contributed by atoms with E-state index in [-0.39, 0.29) is 11.9 Å². The van der Waals surface area contributed by atoms with Crippen molar-refractivity contribution in [2.75, 3.05) is 14.2 Å². The molecular formula is C27H29NO5. The quantitative estimate of drug-likeness (QED) is 0.460. The van der Waals surface area contributed by atoms with Crippen LogP contribution in [0.3, 0.4) is 0 Å². The number of ether oxygens (including phenoxy) is 3. The number of carbonyl (C=O) groups is 2. The van der Waals surface area contributed by atoms with Crippen molar-refractivity contribution in [1.29, 1.82) is 0 Å². The number of aryl methyl sites for hydroxylation is 3. The van der Waals surface area contributed by atoms with Crippen LogP contribution in [0.4, 0.5) is 0 Å².